The van der Waals surface area contributed by atoms with Gasteiger partial charge in [0.1, 0.15) is 5.82 Å². The zero-order chi connectivity index (χ0) is 18.4. The molecule has 1 atom stereocenters. The monoisotopic (exact) mass is 352 g/mol. The number of aliphatic hydroxyl groups excluding tert-OH is 1. The first-order valence-electron chi connectivity index (χ1n) is 7.81. The highest BCUT2D eigenvalue weighted by atomic mass is 19.1. The molecule has 1 unspecified atom stereocenters. The standard InChI is InChI=1S/C18H13FN4O3/c1-10-9-22-15-7-6-11(23(25)26)8-13(15)16(21-18(24)17(22)20-10)12-4-2-3-5-14(12)19/h2-9,18,24H,1H3. The zero-order valence-corrected chi connectivity index (χ0v) is 13.6. The average Bonchev–Trinajstić information content (AvgIpc) is 2.97. The van der Waals surface area contributed by atoms with Gasteiger partial charge in [0.25, 0.3) is 5.69 Å². The van der Waals surface area contributed by atoms with Gasteiger partial charge in [0.05, 0.1) is 22.0 Å². The maximum absolute atomic E-state index is 14.4. The van der Waals surface area contributed by atoms with Crippen LogP contribution in [0.1, 0.15) is 28.9 Å². The molecule has 3 aromatic rings. The van der Waals surface area contributed by atoms with E-state index >= 15 is 0 Å². The Bertz CT molecular complexity index is 1070. The van der Waals surface area contributed by atoms with Crippen LogP contribution in [0.25, 0.3) is 5.69 Å². The lowest BCUT2D eigenvalue weighted by atomic mass is 9.99. The zero-order valence-electron chi connectivity index (χ0n) is 13.6. The second kappa shape index (κ2) is 5.85. The van der Waals surface area contributed by atoms with Crippen LogP contribution in [0.5, 0.6) is 0 Å². The summed E-state index contributed by atoms with van der Waals surface area (Å²) in [6.45, 7) is 1.76. The summed E-state index contributed by atoms with van der Waals surface area (Å²) in [4.78, 5) is 19.2. The van der Waals surface area contributed by atoms with Gasteiger partial charge in [-0.05, 0) is 25.1 Å². The van der Waals surface area contributed by atoms with Crippen LogP contribution in [-0.4, -0.2) is 25.3 Å². The molecular formula is C18H13FN4O3. The highest BCUT2D eigenvalue weighted by molar-refractivity contribution is 6.15. The summed E-state index contributed by atoms with van der Waals surface area (Å²) < 4.78 is 16.0. The van der Waals surface area contributed by atoms with Crippen molar-refractivity contribution < 1.29 is 14.4 Å². The van der Waals surface area contributed by atoms with E-state index in [2.05, 4.69) is 9.98 Å². The Hall–Kier alpha value is -3.39. The predicted octanol–water partition coefficient (Wildman–Crippen LogP) is 3.07. The molecule has 0 bridgehead atoms. The minimum Gasteiger partial charge on any atom is -0.365 e. The van der Waals surface area contributed by atoms with Crippen molar-refractivity contribution >= 4 is 11.4 Å². The Balaban J connectivity index is 2.06. The van der Waals surface area contributed by atoms with Crippen molar-refractivity contribution in [3.05, 3.63) is 87.2 Å². The number of benzene rings is 2. The van der Waals surface area contributed by atoms with Gasteiger partial charge in [-0.2, -0.15) is 0 Å². The Kier molecular flexibility index (Phi) is 3.62. The predicted molar refractivity (Wildman–Crippen MR) is 92.0 cm³/mol. The van der Waals surface area contributed by atoms with Crippen LogP contribution in [0.4, 0.5) is 10.1 Å². The van der Waals surface area contributed by atoms with E-state index in [1.165, 1.54) is 30.3 Å². The van der Waals surface area contributed by atoms with E-state index in [1.54, 1.807) is 29.8 Å². The van der Waals surface area contributed by atoms with E-state index in [9.17, 15) is 19.6 Å². The molecule has 130 valence electrons. The smallest absolute Gasteiger partial charge is 0.270 e. The van der Waals surface area contributed by atoms with Crippen LogP contribution >= 0.6 is 0 Å². The molecule has 2 heterocycles. The normalized spacial score (nSPS) is 15.7. The molecule has 0 saturated carbocycles. The third-order valence-electron chi connectivity index (χ3n) is 4.17. The van der Waals surface area contributed by atoms with Crippen molar-refractivity contribution in [2.45, 2.75) is 13.2 Å². The lowest BCUT2D eigenvalue weighted by molar-refractivity contribution is -0.384. The molecule has 1 aliphatic rings. The first-order valence-corrected chi connectivity index (χ1v) is 7.81. The minimum absolute atomic E-state index is 0.137. The molecule has 0 radical (unpaired) electrons. The molecule has 0 aliphatic carbocycles. The van der Waals surface area contributed by atoms with Crippen LogP contribution in [0.15, 0.2) is 53.7 Å². The first-order chi connectivity index (χ1) is 12.5. The van der Waals surface area contributed by atoms with E-state index in [0.717, 1.165) is 0 Å². The lowest BCUT2D eigenvalue weighted by Gasteiger charge is -2.12. The molecule has 1 aliphatic heterocycles. The number of rotatable bonds is 2. The highest BCUT2D eigenvalue weighted by Gasteiger charge is 2.27. The van der Waals surface area contributed by atoms with Crippen molar-refractivity contribution in [3.63, 3.8) is 0 Å². The minimum atomic E-state index is -1.33. The Morgan fingerprint density at radius 1 is 1.23 bits per heavy atom. The van der Waals surface area contributed by atoms with Crippen LogP contribution in [-0.2, 0) is 0 Å². The molecule has 4 rings (SSSR count). The Labute approximate surface area is 147 Å². The maximum Gasteiger partial charge on any atom is 0.270 e. The van der Waals surface area contributed by atoms with Crippen molar-refractivity contribution in [1.82, 2.24) is 9.55 Å². The fourth-order valence-corrected chi connectivity index (χ4v) is 3.05. The topological polar surface area (TPSA) is 93.5 Å². The van der Waals surface area contributed by atoms with Gasteiger partial charge in [-0.25, -0.2) is 14.4 Å². The number of aliphatic hydroxyl groups is 1. The number of nitrogens with zero attached hydrogens (tertiary/aromatic N) is 4. The lowest BCUT2D eigenvalue weighted by Crippen LogP contribution is -2.09. The molecule has 26 heavy (non-hydrogen) atoms. The van der Waals surface area contributed by atoms with Gasteiger partial charge in [-0.3, -0.25) is 14.7 Å². The molecule has 0 spiro atoms. The maximum atomic E-state index is 14.4. The molecule has 1 aromatic heterocycles. The van der Waals surface area contributed by atoms with Crippen LogP contribution in [0.3, 0.4) is 0 Å². The van der Waals surface area contributed by atoms with Gasteiger partial charge < -0.3 is 5.11 Å². The average molecular weight is 352 g/mol. The van der Waals surface area contributed by atoms with Crippen molar-refractivity contribution in [2.75, 3.05) is 0 Å². The SMILES string of the molecule is Cc1cn2c(n1)C(O)N=C(c1ccccc1F)c1cc([N+](=O)[O-])ccc1-2. The molecule has 1 N–H and O–H groups in total. The summed E-state index contributed by atoms with van der Waals surface area (Å²) in [5.41, 5.74) is 1.67. The van der Waals surface area contributed by atoms with Gasteiger partial charge in [-0.1, -0.05) is 12.1 Å². The number of non-ortho nitro benzene ring substituents is 1. The molecule has 0 amide bonds. The number of hydrogen-bond acceptors (Lipinski definition) is 5. The third kappa shape index (κ3) is 2.47. The molecular weight excluding hydrogens is 339 g/mol. The first kappa shape index (κ1) is 16.1. The van der Waals surface area contributed by atoms with Gasteiger partial charge in [0.15, 0.2) is 5.82 Å². The number of aromatic nitrogens is 2. The number of halogens is 1. The number of nitro groups is 1. The number of aliphatic imine (C=N–C) groups is 1. The van der Waals surface area contributed by atoms with E-state index in [-0.39, 0.29) is 22.8 Å². The van der Waals surface area contributed by atoms with Crippen molar-refractivity contribution in [2.24, 2.45) is 4.99 Å². The van der Waals surface area contributed by atoms with E-state index in [4.69, 9.17) is 0 Å². The fraction of sp³-hybridized carbons (Fsp3) is 0.111. The fourth-order valence-electron chi connectivity index (χ4n) is 3.05. The Morgan fingerprint density at radius 2 is 2.00 bits per heavy atom. The van der Waals surface area contributed by atoms with Gasteiger partial charge in [-0.15, -0.1) is 0 Å². The third-order valence-corrected chi connectivity index (χ3v) is 4.17. The van der Waals surface area contributed by atoms with Gasteiger partial charge in [0, 0.05) is 29.5 Å². The van der Waals surface area contributed by atoms with Gasteiger partial charge in [0.2, 0.25) is 6.23 Å². The van der Waals surface area contributed by atoms with Crippen molar-refractivity contribution in [1.29, 1.82) is 0 Å². The summed E-state index contributed by atoms with van der Waals surface area (Å²) in [6, 6.07) is 10.2. The van der Waals surface area contributed by atoms with Crippen LogP contribution < -0.4 is 0 Å². The number of imidazole rings is 1. The van der Waals surface area contributed by atoms with E-state index in [0.29, 0.717) is 16.9 Å². The van der Waals surface area contributed by atoms with E-state index in [1.807, 2.05) is 0 Å². The molecule has 7 nitrogen and oxygen atoms in total. The second-order valence-electron chi connectivity index (χ2n) is 5.90. The summed E-state index contributed by atoms with van der Waals surface area (Å²) in [7, 11) is 0. The second-order valence-corrected chi connectivity index (χ2v) is 5.90. The molecule has 2 aromatic carbocycles. The Morgan fingerprint density at radius 3 is 2.73 bits per heavy atom. The van der Waals surface area contributed by atoms with E-state index < -0.39 is 17.0 Å². The molecule has 0 saturated heterocycles. The van der Waals surface area contributed by atoms with Crippen molar-refractivity contribution in [3.8, 4) is 5.69 Å². The largest absolute Gasteiger partial charge is 0.365 e. The molecule has 8 heteroatoms. The highest BCUT2D eigenvalue weighted by Crippen LogP contribution is 2.32. The molecule has 0 fully saturated rings. The summed E-state index contributed by atoms with van der Waals surface area (Å²) in [5.74, 6) is -0.268. The summed E-state index contributed by atoms with van der Waals surface area (Å²) >= 11 is 0. The number of fused-ring (bicyclic) bond motifs is 3. The summed E-state index contributed by atoms with van der Waals surface area (Å²) in [5, 5.41) is 21.7. The quantitative estimate of drug-likeness (QED) is 0.566. The number of nitro benzene ring substituents is 1. The number of aryl methyl sites for hydroxylation is 1. The van der Waals surface area contributed by atoms with Gasteiger partial charge >= 0.3 is 0 Å². The number of hydrogen-bond donors (Lipinski definition) is 1. The summed E-state index contributed by atoms with van der Waals surface area (Å²) in [6.07, 6.45) is 0.369. The van der Waals surface area contributed by atoms with Crippen LogP contribution in [0.2, 0.25) is 0 Å². The van der Waals surface area contributed by atoms with Crippen LogP contribution in [0, 0.1) is 22.9 Å².